The van der Waals surface area contributed by atoms with Crippen molar-refractivity contribution in [2.45, 2.75) is 37.5 Å². The second-order valence-corrected chi connectivity index (χ2v) is 6.24. The zero-order chi connectivity index (χ0) is 12.8. The molecule has 2 unspecified atom stereocenters. The molecule has 2 atom stereocenters. The first-order chi connectivity index (χ1) is 8.81. The number of methoxy groups -OCH3 is 1. The average Bonchev–Trinajstić information content (AvgIpc) is 2.86. The number of hydrogen-bond acceptors (Lipinski definition) is 4. The van der Waals surface area contributed by atoms with Crippen LogP contribution in [0, 0.1) is 0 Å². The fourth-order valence-electron chi connectivity index (χ4n) is 2.30. The highest BCUT2D eigenvalue weighted by atomic mass is 32.2. The van der Waals surface area contributed by atoms with Gasteiger partial charge in [-0.1, -0.05) is 6.42 Å². The third kappa shape index (κ3) is 3.65. The standard InChI is InChI=1S/C13H23N3OS/c1-11(10-17-2)16-7-6-14-13(16)15-9-12-5-3-4-8-18-12/h6-7,11-12H,3-5,8-10H2,1-2H3,(H,14,15). The number of rotatable bonds is 6. The van der Waals surface area contributed by atoms with Crippen molar-refractivity contribution < 1.29 is 4.74 Å². The zero-order valence-electron chi connectivity index (χ0n) is 11.3. The van der Waals surface area contributed by atoms with Gasteiger partial charge in [0.15, 0.2) is 0 Å². The van der Waals surface area contributed by atoms with E-state index in [1.807, 2.05) is 12.4 Å². The number of ether oxygens (including phenoxy) is 1. The summed E-state index contributed by atoms with van der Waals surface area (Å²) < 4.78 is 7.35. The molecule has 4 nitrogen and oxygen atoms in total. The first-order valence-corrected chi connectivity index (χ1v) is 7.73. The molecular formula is C13H23N3OS. The number of anilines is 1. The third-order valence-electron chi connectivity index (χ3n) is 3.31. The van der Waals surface area contributed by atoms with E-state index >= 15 is 0 Å². The van der Waals surface area contributed by atoms with Gasteiger partial charge in [0.1, 0.15) is 0 Å². The minimum atomic E-state index is 0.319. The number of imidazole rings is 1. The molecule has 1 aromatic heterocycles. The van der Waals surface area contributed by atoms with Gasteiger partial charge in [0.05, 0.1) is 12.6 Å². The van der Waals surface area contributed by atoms with Gasteiger partial charge in [0, 0.05) is 31.3 Å². The summed E-state index contributed by atoms with van der Waals surface area (Å²) in [6.07, 6.45) is 7.93. The molecule has 0 radical (unpaired) electrons. The molecule has 1 N–H and O–H groups in total. The lowest BCUT2D eigenvalue weighted by molar-refractivity contribution is 0.163. The van der Waals surface area contributed by atoms with Crippen LogP contribution >= 0.6 is 11.8 Å². The monoisotopic (exact) mass is 269 g/mol. The molecule has 1 aliphatic heterocycles. The summed E-state index contributed by atoms with van der Waals surface area (Å²) in [5, 5.41) is 4.22. The molecule has 0 saturated carbocycles. The molecule has 2 heterocycles. The molecule has 0 spiro atoms. The highest BCUT2D eigenvalue weighted by Crippen LogP contribution is 2.25. The summed E-state index contributed by atoms with van der Waals surface area (Å²) in [6, 6.07) is 0.319. The molecular weight excluding hydrogens is 246 g/mol. The lowest BCUT2D eigenvalue weighted by Crippen LogP contribution is -2.22. The molecule has 0 aliphatic carbocycles. The van der Waals surface area contributed by atoms with E-state index in [2.05, 4.69) is 33.6 Å². The van der Waals surface area contributed by atoms with Crippen molar-refractivity contribution in [3.63, 3.8) is 0 Å². The summed E-state index contributed by atoms with van der Waals surface area (Å²) in [6.45, 7) is 3.87. The van der Waals surface area contributed by atoms with E-state index < -0.39 is 0 Å². The Balaban J connectivity index is 1.86. The number of nitrogens with one attached hydrogen (secondary N) is 1. The highest BCUT2D eigenvalue weighted by molar-refractivity contribution is 7.99. The Bertz CT molecular complexity index is 350. The normalized spacial score (nSPS) is 21.8. The molecule has 1 saturated heterocycles. The molecule has 0 aromatic carbocycles. The van der Waals surface area contributed by atoms with Crippen LogP contribution < -0.4 is 5.32 Å². The van der Waals surface area contributed by atoms with Gasteiger partial charge in [0.25, 0.3) is 0 Å². The maximum Gasteiger partial charge on any atom is 0.203 e. The largest absolute Gasteiger partial charge is 0.383 e. The Morgan fingerprint density at radius 1 is 1.61 bits per heavy atom. The minimum absolute atomic E-state index is 0.319. The maximum absolute atomic E-state index is 5.20. The lowest BCUT2D eigenvalue weighted by atomic mass is 10.2. The van der Waals surface area contributed by atoms with E-state index in [0.29, 0.717) is 12.6 Å². The van der Waals surface area contributed by atoms with E-state index in [4.69, 9.17) is 4.74 Å². The van der Waals surface area contributed by atoms with Gasteiger partial charge >= 0.3 is 0 Å². The molecule has 18 heavy (non-hydrogen) atoms. The third-order valence-corrected chi connectivity index (χ3v) is 4.71. The molecule has 5 heteroatoms. The molecule has 0 amide bonds. The number of aromatic nitrogens is 2. The van der Waals surface area contributed by atoms with E-state index in [1.165, 1.54) is 25.0 Å². The van der Waals surface area contributed by atoms with Crippen LogP contribution in [0.15, 0.2) is 12.4 Å². The second kappa shape index (κ2) is 7.04. The van der Waals surface area contributed by atoms with Crippen LogP contribution in [0.1, 0.15) is 32.2 Å². The predicted octanol–water partition coefficient (Wildman–Crippen LogP) is 2.79. The van der Waals surface area contributed by atoms with Crippen LogP contribution in [0.2, 0.25) is 0 Å². The van der Waals surface area contributed by atoms with Gasteiger partial charge in [-0.05, 0) is 25.5 Å². The Labute approximate surface area is 114 Å². The average molecular weight is 269 g/mol. The van der Waals surface area contributed by atoms with Crippen molar-refractivity contribution in [2.75, 3.05) is 31.3 Å². The van der Waals surface area contributed by atoms with Gasteiger partial charge in [0.2, 0.25) is 5.95 Å². The number of nitrogens with zero attached hydrogens (tertiary/aromatic N) is 2. The summed E-state index contributed by atoms with van der Waals surface area (Å²) in [5.41, 5.74) is 0. The van der Waals surface area contributed by atoms with Gasteiger partial charge < -0.3 is 14.6 Å². The predicted molar refractivity (Wildman–Crippen MR) is 77.4 cm³/mol. The van der Waals surface area contributed by atoms with Gasteiger partial charge in [-0.15, -0.1) is 0 Å². The van der Waals surface area contributed by atoms with E-state index in [0.717, 1.165) is 17.7 Å². The van der Waals surface area contributed by atoms with Gasteiger partial charge in [-0.25, -0.2) is 4.98 Å². The Hall–Kier alpha value is -0.680. The summed E-state index contributed by atoms with van der Waals surface area (Å²) in [5.74, 6) is 2.27. The number of thioether (sulfide) groups is 1. The van der Waals surface area contributed by atoms with Crippen LogP contribution in [-0.4, -0.2) is 40.8 Å². The first kappa shape index (κ1) is 13.7. The summed E-state index contributed by atoms with van der Waals surface area (Å²) in [4.78, 5) is 4.39. The van der Waals surface area contributed by atoms with Crippen LogP contribution in [0.4, 0.5) is 5.95 Å². The zero-order valence-corrected chi connectivity index (χ0v) is 12.1. The fourth-order valence-corrected chi connectivity index (χ4v) is 3.54. The Kier molecular flexibility index (Phi) is 5.38. The Morgan fingerprint density at radius 2 is 2.50 bits per heavy atom. The van der Waals surface area contributed by atoms with Gasteiger partial charge in [-0.2, -0.15) is 11.8 Å². The molecule has 1 aromatic rings. The van der Waals surface area contributed by atoms with Crippen molar-refractivity contribution >= 4 is 17.7 Å². The van der Waals surface area contributed by atoms with Crippen molar-refractivity contribution in [3.05, 3.63) is 12.4 Å². The van der Waals surface area contributed by atoms with Crippen molar-refractivity contribution in [2.24, 2.45) is 0 Å². The van der Waals surface area contributed by atoms with E-state index in [-0.39, 0.29) is 0 Å². The maximum atomic E-state index is 5.20. The lowest BCUT2D eigenvalue weighted by Gasteiger charge is -2.22. The van der Waals surface area contributed by atoms with E-state index in [9.17, 15) is 0 Å². The fraction of sp³-hybridized carbons (Fsp3) is 0.769. The van der Waals surface area contributed by atoms with Crippen molar-refractivity contribution in [3.8, 4) is 0 Å². The van der Waals surface area contributed by atoms with Crippen LogP contribution in [0.5, 0.6) is 0 Å². The number of hydrogen-bond donors (Lipinski definition) is 1. The minimum Gasteiger partial charge on any atom is -0.383 e. The quantitative estimate of drug-likeness (QED) is 0.862. The molecule has 102 valence electrons. The first-order valence-electron chi connectivity index (χ1n) is 6.68. The molecule has 1 aliphatic rings. The molecule has 0 bridgehead atoms. The smallest absolute Gasteiger partial charge is 0.203 e. The van der Waals surface area contributed by atoms with Crippen molar-refractivity contribution in [1.82, 2.24) is 9.55 Å². The van der Waals surface area contributed by atoms with E-state index in [1.54, 1.807) is 7.11 Å². The summed E-state index contributed by atoms with van der Waals surface area (Å²) in [7, 11) is 1.74. The molecule has 1 fully saturated rings. The SMILES string of the molecule is COCC(C)n1ccnc1NCC1CCCCS1. The van der Waals surface area contributed by atoms with Crippen molar-refractivity contribution in [1.29, 1.82) is 0 Å². The Morgan fingerprint density at radius 3 is 3.22 bits per heavy atom. The topological polar surface area (TPSA) is 39.1 Å². The van der Waals surface area contributed by atoms with Crippen LogP contribution in [0.25, 0.3) is 0 Å². The van der Waals surface area contributed by atoms with Crippen LogP contribution in [0.3, 0.4) is 0 Å². The van der Waals surface area contributed by atoms with Crippen LogP contribution in [-0.2, 0) is 4.74 Å². The highest BCUT2D eigenvalue weighted by Gasteiger charge is 2.15. The molecule has 2 rings (SSSR count). The van der Waals surface area contributed by atoms with Gasteiger partial charge in [-0.3, -0.25) is 0 Å². The second-order valence-electron chi connectivity index (χ2n) is 4.83. The summed E-state index contributed by atoms with van der Waals surface area (Å²) >= 11 is 2.09.